The highest BCUT2D eigenvalue weighted by Crippen LogP contribution is 2.31. The average Bonchev–Trinajstić information content (AvgIpc) is 2.80. The van der Waals surface area contributed by atoms with Gasteiger partial charge in [0.05, 0.1) is 5.69 Å². The molecule has 30 heavy (non-hydrogen) atoms. The molecule has 0 aliphatic rings. The van der Waals surface area contributed by atoms with Crippen molar-refractivity contribution in [1.29, 1.82) is 0 Å². The first-order chi connectivity index (χ1) is 14.8. The summed E-state index contributed by atoms with van der Waals surface area (Å²) in [5, 5.41) is 3.38. The van der Waals surface area contributed by atoms with Gasteiger partial charge < -0.3 is 20.5 Å². The molecule has 0 unspecified atom stereocenters. The minimum Gasteiger partial charge on any atom is -0.489 e. The Labute approximate surface area is 176 Å². The second-order valence-electron chi connectivity index (χ2n) is 6.94. The van der Waals surface area contributed by atoms with Crippen molar-refractivity contribution in [2.24, 2.45) is 0 Å². The summed E-state index contributed by atoms with van der Waals surface area (Å²) in [7, 11) is 0. The summed E-state index contributed by atoms with van der Waals surface area (Å²) in [4.78, 5) is 0. The molecule has 4 heteroatoms. The van der Waals surface area contributed by atoms with E-state index >= 15 is 0 Å². The van der Waals surface area contributed by atoms with Crippen LogP contribution in [0.25, 0.3) is 0 Å². The zero-order valence-corrected chi connectivity index (χ0v) is 16.6. The first-order valence-corrected chi connectivity index (χ1v) is 9.88. The van der Waals surface area contributed by atoms with Crippen LogP contribution in [0.4, 0.5) is 11.4 Å². The molecule has 0 heterocycles. The molecule has 0 saturated carbocycles. The summed E-state index contributed by atoms with van der Waals surface area (Å²) >= 11 is 0. The smallest absolute Gasteiger partial charge is 0.150 e. The zero-order chi connectivity index (χ0) is 20.6. The van der Waals surface area contributed by atoms with E-state index in [4.69, 9.17) is 15.2 Å². The van der Waals surface area contributed by atoms with E-state index in [1.54, 1.807) is 0 Å². The molecule has 0 saturated heterocycles. The van der Waals surface area contributed by atoms with Crippen LogP contribution < -0.4 is 20.5 Å². The Morgan fingerprint density at radius 2 is 1.30 bits per heavy atom. The predicted molar refractivity (Wildman–Crippen MR) is 122 cm³/mol. The Bertz CT molecular complexity index is 1070. The maximum Gasteiger partial charge on any atom is 0.150 e. The van der Waals surface area contributed by atoms with Gasteiger partial charge in [0.25, 0.3) is 0 Å². The van der Waals surface area contributed by atoms with E-state index in [9.17, 15) is 0 Å². The lowest BCUT2D eigenvalue weighted by Crippen LogP contribution is -2.00. The zero-order valence-electron chi connectivity index (χ0n) is 16.6. The van der Waals surface area contributed by atoms with Crippen LogP contribution in [0.15, 0.2) is 103 Å². The van der Waals surface area contributed by atoms with Crippen molar-refractivity contribution in [3.05, 3.63) is 114 Å². The molecule has 0 amide bonds. The Hall–Kier alpha value is -3.92. The summed E-state index contributed by atoms with van der Waals surface area (Å²) in [6.07, 6.45) is 0. The number of ether oxygens (including phenoxy) is 2. The minimum absolute atomic E-state index is 0.533. The number of hydrogen-bond donors (Lipinski definition) is 2. The summed E-state index contributed by atoms with van der Waals surface area (Å²) in [5.74, 6) is 2.12. The Morgan fingerprint density at radius 1 is 0.667 bits per heavy atom. The number of hydrogen-bond acceptors (Lipinski definition) is 4. The van der Waals surface area contributed by atoms with E-state index in [2.05, 4.69) is 17.4 Å². The Kier molecular flexibility index (Phi) is 6.16. The lowest BCUT2D eigenvalue weighted by Gasteiger charge is -2.12. The van der Waals surface area contributed by atoms with Gasteiger partial charge in [0, 0.05) is 12.2 Å². The van der Waals surface area contributed by atoms with Gasteiger partial charge >= 0.3 is 0 Å². The average molecular weight is 396 g/mol. The maximum atomic E-state index is 6.19. The Morgan fingerprint density at radius 3 is 1.97 bits per heavy atom. The fourth-order valence-corrected chi connectivity index (χ4v) is 3.02. The van der Waals surface area contributed by atoms with Gasteiger partial charge in [-0.05, 0) is 53.6 Å². The molecular weight excluding hydrogens is 372 g/mol. The van der Waals surface area contributed by atoms with E-state index in [0.717, 1.165) is 23.5 Å². The van der Waals surface area contributed by atoms with Crippen LogP contribution in [-0.4, -0.2) is 0 Å². The van der Waals surface area contributed by atoms with Gasteiger partial charge in [0.2, 0.25) is 0 Å². The van der Waals surface area contributed by atoms with Crippen LogP contribution in [0.5, 0.6) is 17.2 Å². The lowest BCUT2D eigenvalue weighted by molar-refractivity contribution is 0.306. The first-order valence-electron chi connectivity index (χ1n) is 9.88. The van der Waals surface area contributed by atoms with Gasteiger partial charge in [-0.3, -0.25) is 0 Å². The number of anilines is 2. The molecule has 0 aliphatic heterocycles. The van der Waals surface area contributed by atoms with Crippen LogP contribution in [-0.2, 0) is 13.2 Å². The minimum atomic E-state index is 0.533. The van der Waals surface area contributed by atoms with Gasteiger partial charge in [-0.1, -0.05) is 60.7 Å². The molecule has 0 aliphatic carbocycles. The standard InChI is InChI=1S/C26H24N2O2/c27-25-17-22(28-18-20-7-3-1-4-8-20)11-16-26(25)30-24-14-12-23(13-15-24)29-19-21-9-5-2-6-10-21/h1-17,28H,18-19,27H2. The predicted octanol–water partition coefficient (Wildman–Crippen LogP) is 6.25. The fraction of sp³-hybridized carbons (Fsp3) is 0.0769. The van der Waals surface area contributed by atoms with Gasteiger partial charge in [0.15, 0.2) is 0 Å². The molecule has 0 bridgehead atoms. The van der Waals surface area contributed by atoms with Crippen LogP contribution >= 0.6 is 0 Å². The highest BCUT2D eigenvalue weighted by molar-refractivity contribution is 5.63. The second kappa shape index (κ2) is 9.52. The molecule has 4 nitrogen and oxygen atoms in total. The summed E-state index contributed by atoms with van der Waals surface area (Å²) < 4.78 is 11.7. The molecular formula is C26H24N2O2. The van der Waals surface area contributed by atoms with Gasteiger partial charge in [-0.25, -0.2) is 0 Å². The quantitative estimate of drug-likeness (QED) is 0.346. The van der Waals surface area contributed by atoms with E-state index in [0.29, 0.717) is 23.8 Å². The van der Waals surface area contributed by atoms with Crippen molar-refractivity contribution in [3.63, 3.8) is 0 Å². The topological polar surface area (TPSA) is 56.5 Å². The maximum absolute atomic E-state index is 6.19. The third-order valence-corrected chi connectivity index (χ3v) is 4.65. The largest absolute Gasteiger partial charge is 0.489 e. The molecule has 0 fully saturated rings. The van der Waals surface area contributed by atoms with E-state index in [1.807, 2.05) is 91.0 Å². The van der Waals surface area contributed by atoms with E-state index in [-0.39, 0.29) is 0 Å². The molecule has 0 spiro atoms. The SMILES string of the molecule is Nc1cc(NCc2ccccc2)ccc1Oc1ccc(OCc2ccccc2)cc1. The van der Waals surface area contributed by atoms with Gasteiger partial charge in [0.1, 0.15) is 23.9 Å². The summed E-state index contributed by atoms with van der Waals surface area (Å²) in [6.45, 7) is 1.27. The van der Waals surface area contributed by atoms with Gasteiger partial charge in [-0.15, -0.1) is 0 Å². The summed E-state index contributed by atoms with van der Waals surface area (Å²) in [5.41, 5.74) is 10.1. The Balaban J connectivity index is 1.33. The monoisotopic (exact) mass is 396 g/mol. The number of benzene rings is 4. The number of rotatable bonds is 8. The number of nitrogen functional groups attached to an aromatic ring is 1. The van der Waals surface area contributed by atoms with Crippen LogP contribution in [0, 0.1) is 0 Å². The third-order valence-electron chi connectivity index (χ3n) is 4.65. The van der Waals surface area contributed by atoms with E-state index in [1.165, 1.54) is 5.56 Å². The summed E-state index contributed by atoms with van der Waals surface area (Å²) in [6, 6.07) is 33.6. The molecule has 4 aromatic carbocycles. The number of nitrogens with one attached hydrogen (secondary N) is 1. The molecule has 150 valence electrons. The molecule has 0 aromatic heterocycles. The van der Waals surface area contributed by atoms with Crippen LogP contribution in [0.1, 0.15) is 11.1 Å². The first kappa shape index (κ1) is 19.4. The van der Waals surface area contributed by atoms with Crippen molar-refractivity contribution < 1.29 is 9.47 Å². The van der Waals surface area contributed by atoms with Crippen molar-refractivity contribution in [2.75, 3.05) is 11.1 Å². The molecule has 4 aromatic rings. The van der Waals surface area contributed by atoms with Crippen molar-refractivity contribution >= 4 is 11.4 Å². The normalized spacial score (nSPS) is 10.4. The van der Waals surface area contributed by atoms with Gasteiger partial charge in [-0.2, -0.15) is 0 Å². The second-order valence-corrected chi connectivity index (χ2v) is 6.94. The lowest BCUT2D eigenvalue weighted by atomic mass is 10.2. The van der Waals surface area contributed by atoms with E-state index < -0.39 is 0 Å². The number of nitrogens with two attached hydrogens (primary N) is 1. The highest BCUT2D eigenvalue weighted by atomic mass is 16.5. The fourth-order valence-electron chi connectivity index (χ4n) is 3.02. The third kappa shape index (κ3) is 5.32. The highest BCUT2D eigenvalue weighted by Gasteiger charge is 2.05. The molecule has 0 atom stereocenters. The van der Waals surface area contributed by atoms with Crippen molar-refractivity contribution in [2.45, 2.75) is 13.2 Å². The molecule has 4 rings (SSSR count). The molecule has 0 radical (unpaired) electrons. The van der Waals surface area contributed by atoms with Crippen molar-refractivity contribution in [3.8, 4) is 17.2 Å². The van der Waals surface area contributed by atoms with Crippen molar-refractivity contribution in [1.82, 2.24) is 0 Å². The molecule has 3 N–H and O–H groups in total. The van der Waals surface area contributed by atoms with Crippen LogP contribution in [0.2, 0.25) is 0 Å². The van der Waals surface area contributed by atoms with Crippen LogP contribution in [0.3, 0.4) is 0 Å².